The number of carbonyl (C=O) groups is 1. The number of Topliss-reactive ketones (excluding diaryl/α,β-unsaturated/α-hetero) is 1. The van der Waals surface area contributed by atoms with Gasteiger partial charge in [0.1, 0.15) is 11.6 Å². The lowest BCUT2D eigenvalue weighted by Gasteiger charge is -2.18. The van der Waals surface area contributed by atoms with E-state index in [1.807, 2.05) is 0 Å². The molecule has 2 aromatic carbocycles. The van der Waals surface area contributed by atoms with Crippen LogP contribution in [0.5, 0.6) is 5.75 Å². The number of hydrogen-bond donors (Lipinski definition) is 0. The van der Waals surface area contributed by atoms with Crippen molar-refractivity contribution < 1.29 is 22.3 Å². The molecule has 0 aromatic heterocycles. The Hall–Kier alpha value is -2.47. The van der Waals surface area contributed by atoms with Crippen LogP contribution in [0.15, 0.2) is 52.9 Å². The monoisotopic (exact) mass is 388 g/mol. The van der Waals surface area contributed by atoms with E-state index in [1.54, 1.807) is 24.3 Å². The summed E-state index contributed by atoms with van der Waals surface area (Å²) in [6.45, 7) is 4.87. The number of halogens is 1. The molecule has 0 saturated carbocycles. The number of fused-ring (bicyclic) bond motifs is 1. The molecular weight excluding hydrogens is 367 g/mol. The van der Waals surface area contributed by atoms with Crippen LogP contribution in [0.2, 0.25) is 0 Å². The Morgan fingerprint density at radius 3 is 2.52 bits per heavy atom. The van der Waals surface area contributed by atoms with Gasteiger partial charge in [-0.2, -0.15) is 0 Å². The van der Waals surface area contributed by atoms with Crippen LogP contribution in [0.1, 0.15) is 36.2 Å². The Balaban J connectivity index is 1.84. The number of benzene rings is 2. The van der Waals surface area contributed by atoms with Crippen molar-refractivity contribution in [2.75, 3.05) is 12.4 Å². The zero-order valence-electron chi connectivity index (χ0n) is 15.2. The van der Waals surface area contributed by atoms with Gasteiger partial charge < -0.3 is 4.74 Å². The zero-order valence-corrected chi connectivity index (χ0v) is 16.1. The van der Waals surface area contributed by atoms with E-state index in [2.05, 4.69) is 13.8 Å². The van der Waals surface area contributed by atoms with E-state index in [-0.39, 0.29) is 16.0 Å². The highest BCUT2D eigenvalue weighted by Gasteiger charge is 2.32. The van der Waals surface area contributed by atoms with Crippen molar-refractivity contribution in [1.29, 1.82) is 0 Å². The minimum absolute atomic E-state index is 0.110. The molecule has 0 N–H and O–H groups in total. The van der Waals surface area contributed by atoms with Gasteiger partial charge in [0.15, 0.2) is 15.6 Å². The second-order valence-corrected chi connectivity index (χ2v) is 8.96. The molecule has 0 bridgehead atoms. The molecule has 1 aliphatic rings. The maximum Gasteiger partial charge on any atom is 0.191 e. The highest BCUT2D eigenvalue weighted by molar-refractivity contribution is 7.91. The summed E-state index contributed by atoms with van der Waals surface area (Å²) >= 11 is 0. The van der Waals surface area contributed by atoms with E-state index in [4.69, 9.17) is 4.74 Å². The van der Waals surface area contributed by atoms with Gasteiger partial charge in [-0.1, -0.05) is 26.0 Å². The summed E-state index contributed by atoms with van der Waals surface area (Å²) < 4.78 is 44.0. The second kappa shape index (κ2) is 7.64. The molecule has 2 aromatic rings. The molecule has 0 saturated heterocycles. The van der Waals surface area contributed by atoms with Gasteiger partial charge in [0, 0.05) is 11.1 Å². The number of hydrogen-bond acceptors (Lipinski definition) is 4. The van der Waals surface area contributed by atoms with Crippen molar-refractivity contribution in [2.45, 2.75) is 25.2 Å². The minimum Gasteiger partial charge on any atom is -0.494 e. The van der Waals surface area contributed by atoms with Crippen LogP contribution in [0.25, 0.3) is 6.08 Å². The molecule has 0 spiro atoms. The first-order chi connectivity index (χ1) is 12.8. The maximum atomic E-state index is 13.5. The third kappa shape index (κ3) is 4.45. The summed E-state index contributed by atoms with van der Waals surface area (Å²) in [6, 6.07) is 10.3. The molecule has 0 amide bonds. The van der Waals surface area contributed by atoms with Crippen LogP contribution in [0.4, 0.5) is 4.39 Å². The predicted molar refractivity (Wildman–Crippen MR) is 102 cm³/mol. The second-order valence-electron chi connectivity index (χ2n) is 7.00. The van der Waals surface area contributed by atoms with Gasteiger partial charge in [-0.15, -0.1) is 0 Å². The smallest absolute Gasteiger partial charge is 0.191 e. The van der Waals surface area contributed by atoms with Gasteiger partial charge in [-0.25, -0.2) is 12.8 Å². The lowest BCUT2D eigenvalue weighted by Crippen LogP contribution is -2.24. The Kier molecular flexibility index (Phi) is 5.46. The summed E-state index contributed by atoms with van der Waals surface area (Å²) in [4.78, 5) is 12.5. The minimum atomic E-state index is -3.67. The molecule has 3 rings (SSSR count). The number of ether oxygens (including phenoxy) is 1. The first-order valence-corrected chi connectivity index (χ1v) is 10.4. The molecule has 1 heterocycles. The maximum absolute atomic E-state index is 13.5. The molecule has 0 atom stereocenters. The Labute approximate surface area is 158 Å². The van der Waals surface area contributed by atoms with Crippen molar-refractivity contribution >= 4 is 21.7 Å². The summed E-state index contributed by atoms with van der Waals surface area (Å²) in [6.07, 6.45) is 2.49. The van der Waals surface area contributed by atoms with E-state index < -0.39 is 27.2 Å². The van der Waals surface area contributed by atoms with Crippen LogP contribution in [-0.2, 0) is 9.84 Å². The fourth-order valence-electron chi connectivity index (χ4n) is 2.85. The van der Waals surface area contributed by atoms with Gasteiger partial charge >= 0.3 is 0 Å². The Morgan fingerprint density at radius 2 is 1.85 bits per heavy atom. The van der Waals surface area contributed by atoms with Gasteiger partial charge in [0.25, 0.3) is 0 Å². The third-order valence-corrected chi connectivity index (χ3v) is 6.06. The quantitative estimate of drug-likeness (QED) is 0.566. The molecule has 0 fully saturated rings. The standard InChI is InChI=1S/C21H21FO4S/c1-14(2)9-10-26-18-6-3-15(4-7-18)11-16-13-27(24,25)20-8-5-17(22)12-19(20)21(16)23/h3-8,11-12,14H,9-10,13H2,1-2H3/b16-11-. The van der Waals surface area contributed by atoms with Crippen molar-refractivity contribution in [3.63, 3.8) is 0 Å². The van der Waals surface area contributed by atoms with Crippen LogP contribution < -0.4 is 4.74 Å². The summed E-state index contributed by atoms with van der Waals surface area (Å²) in [5.41, 5.74) is 0.701. The fraction of sp³-hybridized carbons (Fsp3) is 0.286. The molecule has 6 heteroatoms. The number of rotatable bonds is 5. The van der Waals surface area contributed by atoms with Gasteiger partial charge in [0.05, 0.1) is 17.3 Å². The van der Waals surface area contributed by atoms with E-state index in [0.29, 0.717) is 23.8 Å². The molecule has 4 nitrogen and oxygen atoms in total. The largest absolute Gasteiger partial charge is 0.494 e. The highest BCUT2D eigenvalue weighted by atomic mass is 32.2. The van der Waals surface area contributed by atoms with Gasteiger partial charge in [0.2, 0.25) is 0 Å². The first kappa shape index (κ1) is 19.3. The van der Waals surface area contributed by atoms with Crippen LogP contribution in [0, 0.1) is 11.7 Å². The van der Waals surface area contributed by atoms with E-state index in [1.165, 1.54) is 6.08 Å². The summed E-state index contributed by atoms with van der Waals surface area (Å²) in [5.74, 6) is -0.219. The average molecular weight is 388 g/mol. The SMILES string of the molecule is CC(C)CCOc1ccc(/C=C2/CS(=O)(=O)c3ccc(F)cc3C2=O)cc1. The lowest BCUT2D eigenvalue weighted by molar-refractivity contribution is 0.103. The predicted octanol–water partition coefficient (Wildman–Crippen LogP) is 4.30. The number of carbonyl (C=O) groups excluding carboxylic acids is 1. The van der Waals surface area contributed by atoms with Crippen molar-refractivity contribution in [3.8, 4) is 5.75 Å². The van der Waals surface area contributed by atoms with E-state index >= 15 is 0 Å². The van der Waals surface area contributed by atoms with Crippen LogP contribution >= 0.6 is 0 Å². The van der Waals surface area contributed by atoms with Crippen molar-refractivity contribution in [3.05, 3.63) is 65.0 Å². The topological polar surface area (TPSA) is 60.4 Å². The highest BCUT2D eigenvalue weighted by Crippen LogP contribution is 2.29. The Bertz CT molecular complexity index is 989. The normalized spacial score (nSPS) is 17.2. The molecule has 0 aliphatic carbocycles. The summed E-state index contributed by atoms with van der Waals surface area (Å²) in [5, 5.41) is 0. The number of ketones is 1. The molecule has 0 unspecified atom stereocenters. The van der Waals surface area contributed by atoms with Crippen LogP contribution in [-0.4, -0.2) is 26.6 Å². The molecular formula is C21H21FO4S. The van der Waals surface area contributed by atoms with Gasteiger partial charge in [-0.3, -0.25) is 4.79 Å². The average Bonchev–Trinajstić information content (AvgIpc) is 2.60. The molecule has 27 heavy (non-hydrogen) atoms. The van der Waals surface area contributed by atoms with Crippen molar-refractivity contribution in [2.24, 2.45) is 5.92 Å². The van der Waals surface area contributed by atoms with E-state index in [9.17, 15) is 17.6 Å². The van der Waals surface area contributed by atoms with Crippen molar-refractivity contribution in [1.82, 2.24) is 0 Å². The zero-order chi connectivity index (χ0) is 19.6. The van der Waals surface area contributed by atoms with E-state index in [0.717, 1.165) is 24.6 Å². The first-order valence-electron chi connectivity index (χ1n) is 8.77. The Morgan fingerprint density at radius 1 is 1.15 bits per heavy atom. The fourth-order valence-corrected chi connectivity index (χ4v) is 4.39. The number of sulfone groups is 1. The van der Waals surface area contributed by atoms with Gasteiger partial charge in [-0.05, 0) is 54.3 Å². The summed E-state index contributed by atoms with van der Waals surface area (Å²) in [7, 11) is -3.67. The third-order valence-electron chi connectivity index (χ3n) is 4.34. The van der Waals surface area contributed by atoms with Crippen LogP contribution in [0.3, 0.4) is 0 Å². The molecule has 0 radical (unpaired) electrons. The molecule has 1 aliphatic heterocycles. The lowest BCUT2D eigenvalue weighted by atomic mass is 10.0. The molecule has 142 valence electrons.